The van der Waals surface area contributed by atoms with E-state index in [1.165, 1.54) is 0 Å². The molecule has 2 aliphatic rings. The van der Waals surface area contributed by atoms with Gasteiger partial charge in [-0.15, -0.1) is 0 Å². The van der Waals surface area contributed by atoms with Gasteiger partial charge in [-0.05, 0) is 37.5 Å². The second kappa shape index (κ2) is 4.97. The third kappa shape index (κ3) is 2.21. The van der Waals surface area contributed by atoms with Gasteiger partial charge in [-0.1, -0.05) is 21.1 Å². The fraction of sp³-hybridized carbons (Fsp3) is 0.333. The molecule has 118 valence electrons. The topological polar surface area (TPSA) is 102 Å². The van der Waals surface area contributed by atoms with E-state index in [0.29, 0.717) is 17.0 Å². The van der Waals surface area contributed by atoms with Gasteiger partial charge in [-0.25, -0.2) is 0 Å². The van der Waals surface area contributed by atoms with Crippen molar-refractivity contribution in [3.63, 3.8) is 0 Å². The molecule has 2 aromatic rings. The highest BCUT2D eigenvalue weighted by molar-refractivity contribution is 9.10. The molecule has 1 aromatic carbocycles. The van der Waals surface area contributed by atoms with Crippen molar-refractivity contribution >= 4 is 27.7 Å². The molecule has 8 heteroatoms. The van der Waals surface area contributed by atoms with Gasteiger partial charge in [0.15, 0.2) is 5.82 Å². The second-order valence-electron chi connectivity index (χ2n) is 5.91. The van der Waals surface area contributed by atoms with Gasteiger partial charge in [0.05, 0.1) is 16.7 Å². The zero-order valence-corrected chi connectivity index (χ0v) is 13.7. The quantitative estimate of drug-likeness (QED) is 0.821. The number of carbonyl (C=O) groups is 2. The number of benzene rings is 1. The molecule has 2 N–H and O–H groups in total. The van der Waals surface area contributed by atoms with Gasteiger partial charge in [0.25, 0.3) is 11.8 Å². The maximum absolute atomic E-state index is 12.4. The van der Waals surface area contributed by atoms with Gasteiger partial charge in [0.2, 0.25) is 5.89 Å². The zero-order chi connectivity index (χ0) is 16.2. The largest absolute Gasteiger partial charge is 0.337 e. The number of imide groups is 1. The molecule has 4 rings (SSSR count). The number of carbonyl (C=O) groups excluding carboxylic acids is 2. The minimum Gasteiger partial charge on any atom is -0.337 e. The molecule has 2 amide bonds. The Balaban J connectivity index is 1.58. The fourth-order valence-electron chi connectivity index (χ4n) is 2.84. The van der Waals surface area contributed by atoms with Crippen LogP contribution in [0.5, 0.6) is 0 Å². The van der Waals surface area contributed by atoms with Crippen molar-refractivity contribution in [2.75, 3.05) is 0 Å². The summed E-state index contributed by atoms with van der Waals surface area (Å²) in [5.41, 5.74) is 6.37. The number of halogens is 1. The van der Waals surface area contributed by atoms with Crippen LogP contribution in [-0.2, 0) is 12.1 Å². The van der Waals surface area contributed by atoms with Crippen LogP contribution in [0.1, 0.15) is 51.7 Å². The van der Waals surface area contributed by atoms with E-state index >= 15 is 0 Å². The van der Waals surface area contributed by atoms with Gasteiger partial charge >= 0.3 is 0 Å². The van der Waals surface area contributed by atoms with E-state index in [0.717, 1.165) is 28.6 Å². The number of hydrogen-bond acceptors (Lipinski definition) is 6. The third-order valence-corrected chi connectivity index (χ3v) is 4.88. The number of rotatable bonds is 3. The lowest BCUT2D eigenvalue weighted by molar-refractivity contribution is 0.0625. The lowest BCUT2D eigenvalue weighted by Crippen LogP contribution is -2.44. The molecule has 0 spiro atoms. The Morgan fingerprint density at radius 2 is 2.00 bits per heavy atom. The summed E-state index contributed by atoms with van der Waals surface area (Å²) >= 11 is 3.30. The van der Waals surface area contributed by atoms with Crippen LogP contribution in [0.2, 0.25) is 0 Å². The summed E-state index contributed by atoms with van der Waals surface area (Å²) in [6.45, 7) is -0.0486. The number of hydrogen-bond donors (Lipinski definition) is 1. The Labute approximate surface area is 140 Å². The average molecular weight is 377 g/mol. The molecule has 7 nitrogen and oxygen atoms in total. The summed E-state index contributed by atoms with van der Waals surface area (Å²) < 4.78 is 5.92. The summed E-state index contributed by atoms with van der Waals surface area (Å²) in [4.78, 5) is 30.1. The maximum Gasteiger partial charge on any atom is 0.262 e. The summed E-state index contributed by atoms with van der Waals surface area (Å²) in [7, 11) is 0. The van der Waals surface area contributed by atoms with E-state index in [4.69, 9.17) is 10.3 Å². The molecule has 1 aromatic heterocycles. The van der Waals surface area contributed by atoms with E-state index in [1.54, 1.807) is 18.2 Å². The van der Waals surface area contributed by atoms with Crippen molar-refractivity contribution in [2.24, 2.45) is 5.73 Å². The van der Waals surface area contributed by atoms with Crippen molar-refractivity contribution in [2.45, 2.75) is 31.3 Å². The molecule has 23 heavy (non-hydrogen) atoms. The first kappa shape index (κ1) is 14.5. The molecule has 0 radical (unpaired) electrons. The molecule has 0 atom stereocenters. The summed E-state index contributed by atoms with van der Waals surface area (Å²) in [5.74, 6) is -0.0658. The van der Waals surface area contributed by atoms with Crippen LogP contribution >= 0.6 is 15.9 Å². The summed E-state index contributed by atoms with van der Waals surface area (Å²) in [6.07, 6.45) is 2.66. The third-order valence-electron chi connectivity index (χ3n) is 4.39. The van der Waals surface area contributed by atoms with E-state index in [1.807, 2.05) is 0 Å². The van der Waals surface area contributed by atoms with Crippen LogP contribution in [-0.4, -0.2) is 26.9 Å². The van der Waals surface area contributed by atoms with Gasteiger partial charge in [-0.2, -0.15) is 4.98 Å². The molecule has 1 aliphatic carbocycles. The van der Waals surface area contributed by atoms with Crippen LogP contribution in [0.15, 0.2) is 27.2 Å². The van der Waals surface area contributed by atoms with E-state index in [-0.39, 0.29) is 24.2 Å². The van der Waals surface area contributed by atoms with Gasteiger partial charge in [-0.3, -0.25) is 14.5 Å². The van der Waals surface area contributed by atoms with Crippen LogP contribution < -0.4 is 5.73 Å². The number of aromatic nitrogens is 2. The van der Waals surface area contributed by atoms with Crippen molar-refractivity contribution in [3.8, 4) is 0 Å². The Bertz CT molecular complexity index is 828. The second-order valence-corrected chi connectivity index (χ2v) is 6.82. The monoisotopic (exact) mass is 376 g/mol. The van der Waals surface area contributed by atoms with Gasteiger partial charge < -0.3 is 10.3 Å². The highest BCUT2D eigenvalue weighted by Crippen LogP contribution is 2.37. The molecular formula is C15H13BrN4O3. The average Bonchev–Trinajstić information content (AvgIpc) is 3.05. The maximum atomic E-state index is 12.4. The predicted molar refractivity (Wildman–Crippen MR) is 82.4 cm³/mol. The lowest BCUT2D eigenvalue weighted by Gasteiger charge is -2.34. The van der Waals surface area contributed by atoms with Crippen molar-refractivity contribution in [1.82, 2.24) is 15.0 Å². The molecule has 2 heterocycles. The molecule has 1 saturated carbocycles. The van der Waals surface area contributed by atoms with Gasteiger partial charge in [0, 0.05) is 4.47 Å². The number of amides is 2. The Hall–Kier alpha value is -2.06. The minimum absolute atomic E-state index is 0.0486. The van der Waals surface area contributed by atoms with E-state index < -0.39 is 5.54 Å². The lowest BCUT2D eigenvalue weighted by atomic mass is 9.77. The standard InChI is InChI=1S/C15H13BrN4O3/c16-8-2-3-9-10(6-8)13(22)20(12(9)21)7-11-18-14(19-23-11)15(17)4-1-5-15/h2-3,6H,1,4-5,7,17H2. The normalized spacial score (nSPS) is 19.0. The molecule has 0 unspecified atom stereocenters. The number of nitrogens with two attached hydrogens (primary N) is 1. The first-order chi connectivity index (χ1) is 11.0. The van der Waals surface area contributed by atoms with Crippen LogP contribution in [0.25, 0.3) is 0 Å². The van der Waals surface area contributed by atoms with Crippen molar-refractivity contribution in [3.05, 3.63) is 45.5 Å². The Kier molecular flexibility index (Phi) is 3.14. The first-order valence-electron chi connectivity index (χ1n) is 7.26. The SMILES string of the molecule is NC1(c2noc(CN3C(=O)c4ccc(Br)cc4C3=O)n2)CCC1. The molecule has 1 fully saturated rings. The molecule has 1 aliphatic heterocycles. The smallest absolute Gasteiger partial charge is 0.262 e. The molecule has 0 saturated heterocycles. The fourth-order valence-corrected chi connectivity index (χ4v) is 3.21. The van der Waals surface area contributed by atoms with E-state index in [2.05, 4.69) is 26.1 Å². The zero-order valence-electron chi connectivity index (χ0n) is 12.1. The molecular weight excluding hydrogens is 364 g/mol. The highest BCUT2D eigenvalue weighted by atomic mass is 79.9. The van der Waals surface area contributed by atoms with Crippen LogP contribution in [0.4, 0.5) is 0 Å². The minimum atomic E-state index is -0.533. The van der Waals surface area contributed by atoms with Crippen LogP contribution in [0, 0.1) is 0 Å². The Morgan fingerprint density at radius 3 is 2.70 bits per heavy atom. The van der Waals surface area contributed by atoms with Crippen molar-refractivity contribution < 1.29 is 14.1 Å². The first-order valence-corrected chi connectivity index (χ1v) is 8.05. The number of fused-ring (bicyclic) bond motifs is 1. The van der Waals surface area contributed by atoms with Gasteiger partial charge in [0.1, 0.15) is 6.54 Å². The summed E-state index contributed by atoms with van der Waals surface area (Å²) in [6, 6.07) is 4.99. The predicted octanol–water partition coefficient (Wildman–Crippen LogP) is 1.97. The highest BCUT2D eigenvalue weighted by Gasteiger charge is 2.40. The van der Waals surface area contributed by atoms with E-state index in [9.17, 15) is 9.59 Å². The number of nitrogens with zero attached hydrogens (tertiary/aromatic N) is 3. The molecule has 0 bridgehead atoms. The van der Waals surface area contributed by atoms with Crippen molar-refractivity contribution in [1.29, 1.82) is 0 Å². The Morgan fingerprint density at radius 1 is 1.26 bits per heavy atom. The summed E-state index contributed by atoms with van der Waals surface area (Å²) in [5, 5.41) is 3.90. The van der Waals surface area contributed by atoms with Crippen LogP contribution in [0.3, 0.4) is 0 Å².